The molecule has 20 heavy (non-hydrogen) atoms. The number of hydrogen-bond donors (Lipinski definition) is 1. The smallest absolute Gasteiger partial charge is 0.0767 e. The van der Waals surface area contributed by atoms with Gasteiger partial charge in [-0.25, -0.2) is 0 Å². The Morgan fingerprint density at radius 1 is 1.35 bits per heavy atom. The first kappa shape index (κ1) is 14.5. The van der Waals surface area contributed by atoms with Crippen LogP contribution in [-0.4, -0.2) is 40.4 Å². The van der Waals surface area contributed by atoms with Gasteiger partial charge in [0.25, 0.3) is 0 Å². The van der Waals surface area contributed by atoms with E-state index in [1.807, 2.05) is 0 Å². The van der Waals surface area contributed by atoms with Crippen LogP contribution in [0, 0.1) is 5.92 Å². The fourth-order valence-corrected chi connectivity index (χ4v) is 3.96. The Kier molecular flexibility index (Phi) is 4.48. The van der Waals surface area contributed by atoms with E-state index in [4.69, 9.17) is 5.10 Å². The fraction of sp³-hybridized carbons (Fsp3) is 0.800. The second-order valence-electron chi connectivity index (χ2n) is 5.96. The molecular weight excluding hydrogens is 316 g/mol. The van der Waals surface area contributed by atoms with Gasteiger partial charge in [0.2, 0.25) is 0 Å². The molecule has 5 heteroatoms. The van der Waals surface area contributed by atoms with E-state index < -0.39 is 0 Å². The van der Waals surface area contributed by atoms with E-state index in [2.05, 4.69) is 44.7 Å². The molecule has 1 saturated carbocycles. The second kappa shape index (κ2) is 6.16. The Balaban J connectivity index is 1.80. The van der Waals surface area contributed by atoms with Gasteiger partial charge in [0.15, 0.2) is 0 Å². The molecule has 1 atom stereocenters. The van der Waals surface area contributed by atoms with Crippen LogP contribution in [0.4, 0.5) is 0 Å². The maximum Gasteiger partial charge on any atom is 0.0767 e. The summed E-state index contributed by atoms with van der Waals surface area (Å²) < 4.78 is 3.41. The molecule has 3 rings (SSSR count). The van der Waals surface area contributed by atoms with Crippen molar-refractivity contribution in [3.8, 4) is 0 Å². The highest BCUT2D eigenvalue weighted by atomic mass is 79.9. The zero-order valence-corrected chi connectivity index (χ0v) is 14.1. The maximum absolute atomic E-state index is 4.73. The predicted octanol–water partition coefficient (Wildman–Crippen LogP) is 2.41. The summed E-state index contributed by atoms with van der Waals surface area (Å²) in [5.41, 5.74) is 2.55. The maximum atomic E-state index is 4.73. The Morgan fingerprint density at radius 3 is 2.80 bits per heavy atom. The Morgan fingerprint density at radius 2 is 2.15 bits per heavy atom. The van der Waals surface area contributed by atoms with Crippen LogP contribution in [0.5, 0.6) is 0 Å². The molecule has 2 fully saturated rings. The minimum atomic E-state index is 0.723. The zero-order chi connectivity index (χ0) is 14.1. The van der Waals surface area contributed by atoms with Gasteiger partial charge in [-0.15, -0.1) is 0 Å². The van der Waals surface area contributed by atoms with E-state index in [9.17, 15) is 0 Å². The first-order valence-corrected chi connectivity index (χ1v) is 8.72. The average molecular weight is 341 g/mol. The van der Waals surface area contributed by atoms with E-state index in [1.165, 1.54) is 28.7 Å². The highest BCUT2D eigenvalue weighted by Gasteiger charge is 2.37. The van der Waals surface area contributed by atoms with Gasteiger partial charge < -0.3 is 5.32 Å². The number of nitrogens with zero attached hydrogens (tertiary/aromatic N) is 3. The third kappa shape index (κ3) is 2.81. The molecule has 2 aliphatic rings. The molecule has 1 unspecified atom stereocenters. The Labute approximate surface area is 130 Å². The molecule has 0 aromatic carbocycles. The van der Waals surface area contributed by atoms with E-state index in [1.54, 1.807) is 0 Å². The minimum Gasteiger partial charge on any atom is -0.314 e. The number of halogens is 1. The molecule has 4 nitrogen and oxygen atoms in total. The van der Waals surface area contributed by atoms with Gasteiger partial charge >= 0.3 is 0 Å². The second-order valence-corrected chi connectivity index (χ2v) is 6.75. The average Bonchev–Trinajstić information content (AvgIpc) is 3.27. The van der Waals surface area contributed by atoms with Crippen LogP contribution < -0.4 is 5.32 Å². The molecule has 0 radical (unpaired) electrons. The van der Waals surface area contributed by atoms with Crippen LogP contribution in [0.15, 0.2) is 4.47 Å². The summed E-state index contributed by atoms with van der Waals surface area (Å²) >= 11 is 3.78. The van der Waals surface area contributed by atoms with Crippen molar-refractivity contribution in [2.45, 2.75) is 52.2 Å². The van der Waals surface area contributed by atoms with Crippen molar-refractivity contribution in [2.75, 3.05) is 19.6 Å². The SMILES string of the molecule is CCc1nn(CC)c(CN2CCNCC2C2CC2)c1Br. The molecule has 1 saturated heterocycles. The summed E-state index contributed by atoms with van der Waals surface area (Å²) in [6.07, 6.45) is 3.82. The largest absolute Gasteiger partial charge is 0.314 e. The zero-order valence-electron chi connectivity index (χ0n) is 12.5. The minimum absolute atomic E-state index is 0.723. The quantitative estimate of drug-likeness (QED) is 0.893. The molecule has 0 bridgehead atoms. The topological polar surface area (TPSA) is 33.1 Å². The van der Waals surface area contributed by atoms with Crippen molar-refractivity contribution < 1.29 is 0 Å². The van der Waals surface area contributed by atoms with Crippen LogP contribution >= 0.6 is 15.9 Å². The Hall–Kier alpha value is -0.390. The van der Waals surface area contributed by atoms with E-state index in [-0.39, 0.29) is 0 Å². The lowest BCUT2D eigenvalue weighted by Gasteiger charge is -2.36. The van der Waals surface area contributed by atoms with Crippen molar-refractivity contribution in [2.24, 2.45) is 5.92 Å². The molecule has 1 N–H and O–H groups in total. The lowest BCUT2D eigenvalue weighted by molar-refractivity contribution is 0.131. The lowest BCUT2D eigenvalue weighted by atomic mass is 10.1. The summed E-state index contributed by atoms with van der Waals surface area (Å²) in [5.74, 6) is 0.921. The van der Waals surface area contributed by atoms with Crippen molar-refractivity contribution in [3.63, 3.8) is 0 Å². The lowest BCUT2D eigenvalue weighted by Crippen LogP contribution is -2.52. The molecule has 1 aromatic heterocycles. The third-order valence-corrected chi connectivity index (χ3v) is 5.53. The summed E-state index contributed by atoms with van der Waals surface area (Å²) in [7, 11) is 0. The van der Waals surface area contributed by atoms with Crippen LogP contribution in [0.25, 0.3) is 0 Å². The molecule has 0 spiro atoms. The molecule has 112 valence electrons. The molecule has 1 aliphatic carbocycles. The van der Waals surface area contributed by atoms with Crippen molar-refractivity contribution in [1.82, 2.24) is 20.0 Å². The van der Waals surface area contributed by atoms with Gasteiger partial charge in [0, 0.05) is 38.8 Å². The molecule has 1 aliphatic heterocycles. The van der Waals surface area contributed by atoms with Crippen molar-refractivity contribution >= 4 is 15.9 Å². The van der Waals surface area contributed by atoms with Gasteiger partial charge in [0.1, 0.15) is 0 Å². The van der Waals surface area contributed by atoms with Gasteiger partial charge in [-0.05, 0) is 48.0 Å². The first-order valence-electron chi connectivity index (χ1n) is 7.93. The van der Waals surface area contributed by atoms with E-state index >= 15 is 0 Å². The van der Waals surface area contributed by atoms with E-state index in [0.717, 1.165) is 51.1 Å². The van der Waals surface area contributed by atoms with Crippen molar-refractivity contribution in [3.05, 3.63) is 15.9 Å². The summed E-state index contributed by atoms with van der Waals surface area (Å²) in [6.45, 7) is 9.76. The first-order chi connectivity index (χ1) is 9.74. The number of piperazine rings is 1. The number of hydrogen-bond acceptors (Lipinski definition) is 3. The molecule has 0 amide bonds. The highest BCUT2D eigenvalue weighted by molar-refractivity contribution is 9.10. The van der Waals surface area contributed by atoms with E-state index in [0.29, 0.717) is 0 Å². The Bertz CT molecular complexity index is 467. The summed E-state index contributed by atoms with van der Waals surface area (Å²) in [4.78, 5) is 2.67. The van der Waals surface area contributed by atoms with Crippen LogP contribution in [-0.2, 0) is 19.5 Å². The van der Waals surface area contributed by atoms with Crippen LogP contribution in [0.3, 0.4) is 0 Å². The standard InChI is InChI=1S/C15H25BrN4/c1-3-12-15(16)14(20(4-2)18-12)10-19-8-7-17-9-13(19)11-5-6-11/h11,13,17H,3-10H2,1-2H3. The van der Waals surface area contributed by atoms with Gasteiger partial charge in [0.05, 0.1) is 15.9 Å². The number of aromatic nitrogens is 2. The summed E-state index contributed by atoms with van der Waals surface area (Å²) in [6, 6.07) is 0.723. The molecule has 1 aromatic rings. The number of aryl methyl sites for hydroxylation is 2. The number of rotatable bonds is 5. The van der Waals surface area contributed by atoms with Crippen LogP contribution in [0.1, 0.15) is 38.1 Å². The highest BCUT2D eigenvalue weighted by Crippen LogP contribution is 2.37. The van der Waals surface area contributed by atoms with Crippen LogP contribution in [0.2, 0.25) is 0 Å². The van der Waals surface area contributed by atoms with Crippen molar-refractivity contribution in [1.29, 1.82) is 0 Å². The predicted molar refractivity (Wildman–Crippen MR) is 84.8 cm³/mol. The van der Waals surface area contributed by atoms with Gasteiger partial charge in [-0.2, -0.15) is 5.10 Å². The fourth-order valence-electron chi connectivity index (χ4n) is 3.27. The monoisotopic (exact) mass is 340 g/mol. The molecule has 2 heterocycles. The van der Waals surface area contributed by atoms with Gasteiger partial charge in [-0.3, -0.25) is 9.58 Å². The number of nitrogens with one attached hydrogen (secondary N) is 1. The summed E-state index contributed by atoms with van der Waals surface area (Å²) in [5, 5.41) is 8.28. The molecular formula is C15H25BrN4. The van der Waals surface area contributed by atoms with Gasteiger partial charge in [-0.1, -0.05) is 6.92 Å². The normalized spacial score (nSPS) is 24.2. The third-order valence-electron chi connectivity index (χ3n) is 4.61.